The van der Waals surface area contributed by atoms with Crippen molar-refractivity contribution in [1.29, 1.82) is 0 Å². The van der Waals surface area contributed by atoms with E-state index in [1.807, 2.05) is 6.92 Å². The van der Waals surface area contributed by atoms with E-state index in [0.29, 0.717) is 13.0 Å². The summed E-state index contributed by atoms with van der Waals surface area (Å²) in [6.07, 6.45) is 1.39. The lowest BCUT2D eigenvalue weighted by Gasteiger charge is -2.13. The van der Waals surface area contributed by atoms with Crippen LogP contribution in [0.25, 0.3) is 0 Å². The molecule has 1 unspecified atom stereocenters. The number of hydrogen-bond acceptors (Lipinski definition) is 2. The minimum atomic E-state index is -0.0379. The van der Waals surface area contributed by atoms with Gasteiger partial charge in [-0.25, -0.2) is 0 Å². The quantitative estimate of drug-likeness (QED) is 0.667. The van der Waals surface area contributed by atoms with Crippen molar-refractivity contribution < 1.29 is 9.59 Å². The highest BCUT2D eigenvalue weighted by Crippen LogP contribution is 2.18. The van der Waals surface area contributed by atoms with Gasteiger partial charge in [-0.2, -0.15) is 0 Å². The van der Waals surface area contributed by atoms with Crippen LogP contribution < -0.4 is 0 Å². The van der Waals surface area contributed by atoms with Gasteiger partial charge in [0.05, 0.1) is 0 Å². The molecule has 76 valence electrons. The van der Waals surface area contributed by atoms with Gasteiger partial charge in [-0.05, 0) is 13.3 Å². The molecule has 3 heteroatoms. The normalized spacial score (nSPS) is 21.5. The Morgan fingerprint density at radius 1 is 1.62 bits per heavy atom. The molecule has 0 saturated carbocycles. The minimum Gasteiger partial charge on any atom is -0.342 e. The summed E-state index contributed by atoms with van der Waals surface area (Å²) in [5, 5.41) is 0. The topological polar surface area (TPSA) is 37.4 Å². The van der Waals surface area contributed by atoms with E-state index in [1.165, 1.54) is 0 Å². The van der Waals surface area contributed by atoms with Crippen molar-refractivity contribution in [2.75, 3.05) is 13.1 Å². The largest absolute Gasteiger partial charge is 0.342 e. The standard InChI is InChI=1S/C9H15NO2.CH4/c1-3-4-10-6-8(7(2)11)5-9(10)12;/h8H,3-6H2,1-2H3;1H4. The number of ketones is 1. The summed E-state index contributed by atoms with van der Waals surface area (Å²) >= 11 is 0. The van der Waals surface area contributed by atoms with Crippen LogP contribution in [0.2, 0.25) is 0 Å². The molecule has 1 amide bonds. The maximum atomic E-state index is 11.3. The highest BCUT2D eigenvalue weighted by Gasteiger charge is 2.31. The molecule has 0 N–H and O–H groups in total. The fourth-order valence-corrected chi connectivity index (χ4v) is 1.53. The molecule has 0 bridgehead atoms. The van der Waals surface area contributed by atoms with Crippen LogP contribution in [0.1, 0.15) is 34.1 Å². The second kappa shape index (κ2) is 5.00. The van der Waals surface area contributed by atoms with Gasteiger partial charge in [0.2, 0.25) is 5.91 Å². The molecule has 1 atom stereocenters. The number of amides is 1. The van der Waals surface area contributed by atoms with Crippen molar-refractivity contribution in [1.82, 2.24) is 4.90 Å². The Bertz CT molecular complexity index is 201. The molecule has 0 aliphatic carbocycles. The molecule has 1 saturated heterocycles. The summed E-state index contributed by atoms with van der Waals surface area (Å²) in [7, 11) is 0. The van der Waals surface area contributed by atoms with E-state index in [0.717, 1.165) is 13.0 Å². The number of nitrogens with zero attached hydrogens (tertiary/aromatic N) is 1. The summed E-state index contributed by atoms with van der Waals surface area (Å²) in [6, 6.07) is 0. The second-order valence-electron chi connectivity index (χ2n) is 3.35. The molecule has 0 aromatic heterocycles. The van der Waals surface area contributed by atoms with Gasteiger partial charge in [0.25, 0.3) is 0 Å². The molecule has 3 nitrogen and oxygen atoms in total. The van der Waals surface area contributed by atoms with Crippen LogP contribution in [0.3, 0.4) is 0 Å². The van der Waals surface area contributed by atoms with Gasteiger partial charge in [0.1, 0.15) is 5.78 Å². The molecule has 1 fully saturated rings. The van der Waals surface area contributed by atoms with E-state index in [1.54, 1.807) is 11.8 Å². The Labute approximate surface area is 80.1 Å². The SMILES string of the molecule is C.CCCN1CC(C(C)=O)CC1=O. The fraction of sp³-hybridized carbons (Fsp3) is 0.800. The molecule has 0 spiro atoms. The van der Waals surface area contributed by atoms with Crippen molar-refractivity contribution in [2.24, 2.45) is 5.92 Å². The molecular weight excluding hydrogens is 166 g/mol. The van der Waals surface area contributed by atoms with Gasteiger partial charge in [-0.3, -0.25) is 9.59 Å². The molecule has 0 radical (unpaired) electrons. The number of carbonyl (C=O) groups excluding carboxylic acids is 2. The van der Waals surface area contributed by atoms with Crippen LogP contribution in [0, 0.1) is 5.92 Å². The van der Waals surface area contributed by atoms with Crippen molar-refractivity contribution in [3.8, 4) is 0 Å². The van der Waals surface area contributed by atoms with Gasteiger partial charge in [0, 0.05) is 25.4 Å². The van der Waals surface area contributed by atoms with E-state index in [-0.39, 0.29) is 25.0 Å². The fourth-order valence-electron chi connectivity index (χ4n) is 1.53. The summed E-state index contributed by atoms with van der Waals surface area (Å²) in [6.45, 7) is 5.03. The monoisotopic (exact) mass is 185 g/mol. The lowest BCUT2D eigenvalue weighted by atomic mass is 10.1. The molecule has 1 aliphatic rings. The van der Waals surface area contributed by atoms with E-state index < -0.39 is 0 Å². The lowest BCUT2D eigenvalue weighted by Crippen LogP contribution is -2.26. The molecule has 0 aromatic rings. The molecule has 13 heavy (non-hydrogen) atoms. The molecule has 1 aliphatic heterocycles. The van der Waals surface area contributed by atoms with E-state index >= 15 is 0 Å². The number of hydrogen-bond donors (Lipinski definition) is 0. The van der Waals surface area contributed by atoms with Crippen LogP contribution in [0.15, 0.2) is 0 Å². The predicted molar refractivity (Wildman–Crippen MR) is 52.4 cm³/mol. The van der Waals surface area contributed by atoms with Gasteiger partial charge in [-0.15, -0.1) is 0 Å². The van der Waals surface area contributed by atoms with Crippen LogP contribution in [-0.2, 0) is 9.59 Å². The van der Waals surface area contributed by atoms with Crippen LogP contribution in [0.4, 0.5) is 0 Å². The number of Topliss-reactive ketones (excluding diaryl/α,β-unsaturated/α-hetero) is 1. The van der Waals surface area contributed by atoms with Gasteiger partial charge in [-0.1, -0.05) is 14.4 Å². The smallest absolute Gasteiger partial charge is 0.223 e. The van der Waals surface area contributed by atoms with Crippen LogP contribution in [0.5, 0.6) is 0 Å². The molecular formula is C10H19NO2. The molecule has 1 heterocycles. The average Bonchev–Trinajstić information content (AvgIpc) is 2.34. The Kier molecular flexibility index (Phi) is 4.67. The third-order valence-electron chi connectivity index (χ3n) is 2.28. The van der Waals surface area contributed by atoms with E-state index in [9.17, 15) is 9.59 Å². The first-order valence-electron chi connectivity index (χ1n) is 4.43. The maximum Gasteiger partial charge on any atom is 0.223 e. The third-order valence-corrected chi connectivity index (χ3v) is 2.28. The zero-order valence-electron chi connectivity index (χ0n) is 7.67. The summed E-state index contributed by atoms with van der Waals surface area (Å²) < 4.78 is 0. The summed E-state index contributed by atoms with van der Waals surface area (Å²) in [4.78, 5) is 24.0. The first kappa shape index (κ1) is 12.1. The van der Waals surface area contributed by atoms with Crippen molar-refractivity contribution in [3.05, 3.63) is 0 Å². The first-order valence-corrected chi connectivity index (χ1v) is 4.43. The van der Waals surface area contributed by atoms with Gasteiger partial charge >= 0.3 is 0 Å². The Morgan fingerprint density at radius 3 is 2.62 bits per heavy atom. The third kappa shape index (κ3) is 2.83. The highest BCUT2D eigenvalue weighted by atomic mass is 16.2. The van der Waals surface area contributed by atoms with Crippen LogP contribution >= 0.6 is 0 Å². The average molecular weight is 185 g/mol. The second-order valence-corrected chi connectivity index (χ2v) is 3.35. The van der Waals surface area contributed by atoms with Crippen molar-refractivity contribution in [2.45, 2.75) is 34.1 Å². The van der Waals surface area contributed by atoms with E-state index in [4.69, 9.17) is 0 Å². The molecule has 1 rings (SSSR count). The highest BCUT2D eigenvalue weighted by molar-refractivity contribution is 5.89. The maximum absolute atomic E-state index is 11.3. The van der Waals surface area contributed by atoms with Crippen molar-refractivity contribution >= 4 is 11.7 Å². The first-order chi connectivity index (χ1) is 5.65. The number of carbonyl (C=O) groups is 2. The van der Waals surface area contributed by atoms with Crippen LogP contribution in [-0.4, -0.2) is 29.7 Å². The number of likely N-dealkylation sites (tertiary alicyclic amines) is 1. The predicted octanol–water partition coefficient (Wildman–Crippen LogP) is 1.47. The summed E-state index contributed by atoms with van der Waals surface area (Å²) in [5.74, 6) is 0.239. The van der Waals surface area contributed by atoms with Crippen molar-refractivity contribution in [3.63, 3.8) is 0 Å². The molecule has 0 aromatic carbocycles. The summed E-state index contributed by atoms with van der Waals surface area (Å²) in [5.41, 5.74) is 0. The Morgan fingerprint density at radius 2 is 2.23 bits per heavy atom. The lowest BCUT2D eigenvalue weighted by molar-refractivity contribution is -0.128. The van der Waals surface area contributed by atoms with Gasteiger partial charge in [0.15, 0.2) is 0 Å². The zero-order valence-corrected chi connectivity index (χ0v) is 7.67. The number of rotatable bonds is 3. The zero-order chi connectivity index (χ0) is 9.14. The minimum absolute atomic E-state index is 0. The van der Waals surface area contributed by atoms with E-state index in [2.05, 4.69) is 0 Å². The van der Waals surface area contributed by atoms with Gasteiger partial charge < -0.3 is 4.90 Å². The Balaban J connectivity index is 0.00000144. The Hall–Kier alpha value is -0.860.